The molecule has 5 aliphatic heterocycles. The van der Waals surface area contributed by atoms with Gasteiger partial charge in [0.2, 0.25) is 0 Å². The predicted octanol–water partition coefficient (Wildman–Crippen LogP) is -0.813. The van der Waals surface area contributed by atoms with Crippen LogP contribution in [0.4, 0.5) is 0 Å². The lowest BCUT2D eigenvalue weighted by Gasteiger charge is -2.58. The molecule has 18 heteroatoms. The maximum absolute atomic E-state index is 12.0. The number of fused-ring (bicyclic) bond motifs is 7. The molecule has 3 saturated carbocycles. The Morgan fingerprint density at radius 3 is 1.87 bits per heavy atom. The van der Waals surface area contributed by atoms with Gasteiger partial charge in [0.1, 0.15) is 73.2 Å². The van der Waals surface area contributed by atoms with Crippen molar-refractivity contribution >= 4 is 0 Å². The molecule has 5 saturated heterocycles. The fourth-order valence-electron chi connectivity index (χ4n) is 14.1. The van der Waals surface area contributed by atoms with Crippen LogP contribution in [0.15, 0.2) is 11.6 Å². The summed E-state index contributed by atoms with van der Waals surface area (Å²) in [5.41, 5.74) is 1.42. The van der Waals surface area contributed by atoms with Crippen LogP contribution in [0.3, 0.4) is 0 Å². The normalized spacial score (nSPS) is 56.9. The van der Waals surface area contributed by atoms with Crippen molar-refractivity contribution in [1.29, 1.82) is 0 Å². The fourth-order valence-corrected chi connectivity index (χ4v) is 14.1. The molecular weight excluding hydrogens is 828 g/mol. The van der Waals surface area contributed by atoms with Crippen LogP contribution in [0.25, 0.3) is 0 Å². The summed E-state index contributed by atoms with van der Waals surface area (Å²) in [7, 11) is 0. The highest BCUT2D eigenvalue weighted by molar-refractivity contribution is 5.26. The third-order valence-corrected chi connectivity index (χ3v) is 17.7. The minimum Gasteiger partial charge on any atom is -0.394 e. The Labute approximate surface area is 368 Å². The van der Waals surface area contributed by atoms with Crippen LogP contribution < -0.4 is 0 Å². The second-order valence-electron chi connectivity index (χ2n) is 21.1. The van der Waals surface area contributed by atoms with Gasteiger partial charge in [-0.1, -0.05) is 39.3 Å². The van der Waals surface area contributed by atoms with Crippen LogP contribution in [-0.4, -0.2) is 188 Å². The quantitative estimate of drug-likeness (QED) is 0.127. The smallest absolute Gasteiger partial charge is 0.187 e. The lowest BCUT2D eigenvalue weighted by Crippen LogP contribution is -2.67. The Morgan fingerprint density at radius 1 is 0.651 bits per heavy atom. The minimum atomic E-state index is -1.84. The molecular formula is C45H72O18. The van der Waals surface area contributed by atoms with Gasteiger partial charge >= 0.3 is 0 Å². The molecule has 0 radical (unpaired) electrons. The van der Waals surface area contributed by atoms with Crippen LogP contribution in [0, 0.1) is 46.3 Å². The lowest BCUT2D eigenvalue weighted by molar-refractivity contribution is -0.391. The molecule has 0 aromatic carbocycles. The Bertz CT molecular complexity index is 1630. The highest BCUT2D eigenvalue weighted by Crippen LogP contribution is 2.70. The summed E-state index contributed by atoms with van der Waals surface area (Å²) in [5, 5.41) is 106. The van der Waals surface area contributed by atoms with Gasteiger partial charge < -0.3 is 89.0 Å². The predicted molar refractivity (Wildman–Crippen MR) is 216 cm³/mol. The summed E-state index contributed by atoms with van der Waals surface area (Å²) in [6, 6.07) is 0. The molecule has 5 heterocycles. The lowest BCUT2D eigenvalue weighted by atomic mass is 9.47. The van der Waals surface area contributed by atoms with E-state index in [0.717, 1.165) is 51.6 Å². The number of allylic oxidation sites excluding steroid dienone is 1. The maximum atomic E-state index is 12.0. The average molecular weight is 901 g/mol. The van der Waals surface area contributed by atoms with Crippen molar-refractivity contribution in [2.75, 3.05) is 26.4 Å². The van der Waals surface area contributed by atoms with Crippen molar-refractivity contribution in [2.24, 2.45) is 46.3 Å². The standard InChI is InChI=1S/C45H72O18/c1-19-7-12-45(56-18-19)20(2)30-26(63-45)14-25-23-6-5-21-13-22(8-10-43(21,3)24(23)9-11-44(25,30)4)57-42-39(62-41-36(54)34(52)32(50)28(16-47)59-41)37(55)38(29(17-48)60-42)61-40-35(53)33(51)31(49)27(15-46)58-40/h5,19-20,22-42,46-55H,6-18H2,1-4H3/t19-,20+,22+,23-,24+,25+,26+,27-,28-,29-,30+,31-,32-,33+,34+,35+,36+,37+,38-,39-,40-,41-,42+,43+,44+,45-/m1/s1. The summed E-state index contributed by atoms with van der Waals surface area (Å²) in [6.07, 6.45) is -13.8. The molecule has 18 nitrogen and oxygen atoms in total. The van der Waals surface area contributed by atoms with Crippen molar-refractivity contribution in [1.82, 2.24) is 0 Å². The third-order valence-electron chi connectivity index (χ3n) is 17.7. The van der Waals surface area contributed by atoms with E-state index < -0.39 is 124 Å². The largest absolute Gasteiger partial charge is 0.394 e. The van der Waals surface area contributed by atoms with Crippen molar-refractivity contribution < 1.29 is 89.0 Å². The van der Waals surface area contributed by atoms with E-state index in [1.54, 1.807) is 0 Å². The number of ether oxygens (including phenoxy) is 8. The Balaban J connectivity index is 0.922. The monoisotopic (exact) mass is 900 g/mol. The number of aliphatic hydroxyl groups is 10. The van der Waals surface area contributed by atoms with Crippen molar-refractivity contribution in [3.05, 3.63) is 11.6 Å². The maximum Gasteiger partial charge on any atom is 0.187 e. The van der Waals surface area contributed by atoms with Crippen LogP contribution in [0.2, 0.25) is 0 Å². The van der Waals surface area contributed by atoms with E-state index in [9.17, 15) is 51.1 Å². The molecule has 0 unspecified atom stereocenters. The Kier molecular flexibility index (Phi) is 13.3. The zero-order valence-corrected chi connectivity index (χ0v) is 36.8. The van der Waals surface area contributed by atoms with E-state index in [0.29, 0.717) is 48.3 Å². The summed E-state index contributed by atoms with van der Waals surface area (Å²) < 4.78 is 49.7. The van der Waals surface area contributed by atoms with Crippen LogP contribution >= 0.6 is 0 Å². The van der Waals surface area contributed by atoms with Crippen LogP contribution in [0.5, 0.6) is 0 Å². The molecule has 1 spiro atoms. The molecule has 4 aliphatic carbocycles. The SMILES string of the molecule is C[C@@H]1CC[C@@]2(OC1)O[C@H]1C[C@H]3[C@@H]4CC=C5C[C@@H](O[C@H]6O[C@H](CO)[C@@H](O[C@H]7O[C@H](CO)[C@@H](O)[C@H](O)[C@@H]7O)[C@H](O)[C@H]6O[C@H]6O[C@H](CO)[C@@H](O)[C@H](O)[C@@H]6O)CC[C@]5(C)[C@H]4CC[C@]3(C)[C@H]1[C@@H]2C. The van der Waals surface area contributed by atoms with Crippen molar-refractivity contribution in [3.8, 4) is 0 Å². The molecule has 26 atom stereocenters. The zero-order valence-electron chi connectivity index (χ0n) is 36.8. The van der Waals surface area contributed by atoms with E-state index in [1.165, 1.54) is 5.57 Å². The summed E-state index contributed by atoms with van der Waals surface area (Å²) in [6.45, 7) is 8.10. The zero-order chi connectivity index (χ0) is 44.9. The number of hydrogen-bond donors (Lipinski definition) is 10. The Hall–Kier alpha value is -0.980. The first-order chi connectivity index (χ1) is 30.0. The summed E-state index contributed by atoms with van der Waals surface area (Å²) >= 11 is 0. The second kappa shape index (κ2) is 17.8. The molecule has 0 aromatic rings. The summed E-state index contributed by atoms with van der Waals surface area (Å²) in [4.78, 5) is 0. The van der Waals surface area contributed by atoms with Gasteiger partial charge in [0.05, 0.1) is 38.6 Å². The minimum absolute atomic E-state index is 0.0603. The van der Waals surface area contributed by atoms with Crippen molar-refractivity contribution in [3.63, 3.8) is 0 Å². The molecule has 63 heavy (non-hydrogen) atoms. The van der Waals surface area contributed by atoms with Gasteiger partial charge in [0.25, 0.3) is 0 Å². The first kappa shape index (κ1) is 47.1. The van der Waals surface area contributed by atoms with Gasteiger partial charge in [-0.15, -0.1) is 0 Å². The second-order valence-corrected chi connectivity index (χ2v) is 21.1. The van der Waals surface area contributed by atoms with E-state index in [-0.39, 0.29) is 16.9 Å². The van der Waals surface area contributed by atoms with Gasteiger partial charge in [0, 0.05) is 12.3 Å². The first-order valence-corrected chi connectivity index (χ1v) is 23.5. The van der Waals surface area contributed by atoms with Gasteiger partial charge in [0.15, 0.2) is 24.7 Å². The number of hydrogen-bond acceptors (Lipinski definition) is 18. The molecule has 10 N–H and O–H groups in total. The molecule has 0 bridgehead atoms. The van der Waals surface area contributed by atoms with Crippen LogP contribution in [0.1, 0.15) is 85.5 Å². The fraction of sp³-hybridized carbons (Fsp3) is 0.956. The molecule has 360 valence electrons. The van der Waals surface area contributed by atoms with E-state index in [2.05, 4.69) is 33.8 Å². The topological polar surface area (TPSA) is 276 Å². The first-order valence-electron chi connectivity index (χ1n) is 23.5. The van der Waals surface area contributed by atoms with Gasteiger partial charge in [-0.2, -0.15) is 0 Å². The van der Waals surface area contributed by atoms with E-state index in [1.807, 2.05) is 0 Å². The average Bonchev–Trinajstić information content (AvgIpc) is 3.72. The van der Waals surface area contributed by atoms with E-state index >= 15 is 0 Å². The number of rotatable bonds is 9. The molecule has 0 aromatic heterocycles. The summed E-state index contributed by atoms with van der Waals surface area (Å²) in [5.74, 6) is 2.47. The highest BCUT2D eigenvalue weighted by Gasteiger charge is 2.69. The van der Waals surface area contributed by atoms with Gasteiger partial charge in [-0.05, 0) is 91.8 Å². The van der Waals surface area contributed by atoms with E-state index in [4.69, 9.17) is 37.9 Å². The van der Waals surface area contributed by atoms with Gasteiger partial charge in [-0.3, -0.25) is 0 Å². The molecule has 9 aliphatic rings. The third kappa shape index (κ3) is 7.81. The Morgan fingerprint density at radius 2 is 1.27 bits per heavy atom. The van der Waals surface area contributed by atoms with Crippen LogP contribution in [-0.2, 0) is 37.9 Å². The molecule has 0 amide bonds. The number of aliphatic hydroxyl groups excluding tert-OH is 10. The van der Waals surface area contributed by atoms with Gasteiger partial charge in [-0.25, -0.2) is 0 Å². The highest BCUT2D eigenvalue weighted by atomic mass is 16.8. The molecule has 8 fully saturated rings. The van der Waals surface area contributed by atoms with Crippen molar-refractivity contribution in [2.45, 2.75) is 196 Å². The molecule has 9 rings (SSSR count).